The second-order valence-corrected chi connectivity index (χ2v) is 10.4. The van der Waals surface area contributed by atoms with Gasteiger partial charge in [-0.2, -0.15) is 0 Å². The number of nitrogens with zero attached hydrogens (tertiary/aromatic N) is 2. The number of nitrogens with one attached hydrogen (secondary N) is 1. The van der Waals surface area contributed by atoms with Gasteiger partial charge in [-0.05, 0) is 49.7 Å². The first-order chi connectivity index (χ1) is 15.2. The highest BCUT2D eigenvalue weighted by Gasteiger charge is 2.25. The number of hydroxylamine groups is 1. The molecule has 1 N–H and O–H groups in total. The average molecular weight is 480 g/mol. The molecule has 174 valence electrons. The summed E-state index contributed by atoms with van der Waals surface area (Å²) in [5, 5.41) is 2.94. The quantitative estimate of drug-likeness (QED) is 0.562. The van der Waals surface area contributed by atoms with Crippen LogP contribution in [0.1, 0.15) is 48.0 Å². The third-order valence-electron chi connectivity index (χ3n) is 5.95. The van der Waals surface area contributed by atoms with Gasteiger partial charge in [-0.25, -0.2) is 8.42 Å². The zero-order valence-electron chi connectivity index (χ0n) is 18.7. The minimum absolute atomic E-state index is 0.0138. The summed E-state index contributed by atoms with van der Waals surface area (Å²) in [6.07, 6.45) is 6.21. The fourth-order valence-electron chi connectivity index (χ4n) is 3.97. The molecule has 1 saturated carbocycles. The molecule has 1 aliphatic carbocycles. The van der Waals surface area contributed by atoms with E-state index in [-0.39, 0.29) is 15.5 Å². The predicted molar refractivity (Wildman–Crippen MR) is 126 cm³/mol. The molecular weight excluding hydrogens is 450 g/mol. The predicted octanol–water partition coefficient (Wildman–Crippen LogP) is 4.54. The average Bonchev–Trinajstić information content (AvgIpc) is 2.80. The lowest BCUT2D eigenvalue weighted by atomic mass is 9.94. The molecule has 2 aromatic carbocycles. The number of anilines is 1. The monoisotopic (exact) mass is 479 g/mol. The van der Waals surface area contributed by atoms with Crippen molar-refractivity contribution in [1.29, 1.82) is 0 Å². The second kappa shape index (κ2) is 10.8. The number of carbonyl (C=O) groups is 1. The molecule has 1 aliphatic rings. The Morgan fingerprint density at radius 3 is 2.50 bits per heavy atom. The van der Waals surface area contributed by atoms with Gasteiger partial charge < -0.3 is 5.32 Å². The van der Waals surface area contributed by atoms with E-state index in [0.717, 1.165) is 12.1 Å². The minimum atomic E-state index is -3.99. The summed E-state index contributed by atoms with van der Waals surface area (Å²) in [6, 6.07) is 12.4. The summed E-state index contributed by atoms with van der Waals surface area (Å²) in [5.41, 5.74) is 1.90. The number of hydrogen-bond donors (Lipinski definition) is 1. The van der Waals surface area contributed by atoms with Crippen molar-refractivity contribution < 1.29 is 18.0 Å². The van der Waals surface area contributed by atoms with Crippen molar-refractivity contribution in [3.05, 3.63) is 58.6 Å². The Hall–Kier alpha value is -1.97. The van der Waals surface area contributed by atoms with Crippen molar-refractivity contribution in [2.24, 2.45) is 0 Å². The largest absolute Gasteiger partial charge is 0.322 e. The highest BCUT2D eigenvalue weighted by atomic mass is 35.5. The number of benzene rings is 2. The number of rotatable bonds is 8. The Kier molecular flexibility index (Phi) is 8.30. The maximum Gasteiger partial charge on any atom is 0.266 e. The molecule has 0 aliphatic heterocycles. The smallest absolute Gasteiger partial charge is 0.266 e. The van der Waals surface area contributed by atoms with E-state index in [1.54, 1.807) is 0 Å². The van der Waals surface area contributed by atoms with E-state index < -0.39 is 15.9 Å². The highest BCUT2D eigenvalue weighted by Crippen LogP contribution is 2.27. The standard InChI is InChI=1S/C23H30ClN3O4S/c1-26(19-10-5-4-6-11-19)16-18-9-7-8-12-21(18)25-23(28)17-13-14-20(24)22(15-17)32(29,30)27(2)31-3/h7-9,12-15,19H,4-6,10-11,16H2,1-3H3,(H,25,28). The number of carbonyl (C=O) groups excluding carboxylic acids is 1. The lowest BCUT2D eigenvalue weighted by Gasteiger charge is -2.31. The van der Waals surface area contributed by atoms with Gasteiger partial charge >= 0.3 is 0 Å². The van der Waals surface area contributed by atoms with Crippen molar-refractivity contribution in [2.75, 3.05) is 26.5 Å². The molecular formula is C23H30ClN3O4S. The van der Waals surface area contributed by atoms with Gasteiger partial charge in [0.05, 0.1) is 12.1 Å². The zero-order valence-corrected chi connectivity index (χ0v) is 20.2. The normalized spacial score (nSPS) is 15.3. The van der Waals surface area contributed by atoms with Crippen molar-refractivity contribution in [3.63, 3.8) is 0 Å². The summed E-state index contributed by atoms with van der Waals surface area (Å²) >= 11 is 6.10. The maximum atomic E-state index is 13.0. The molecule has 7 nitrogen and oxygen atoms in total. The van der Waals surface area contributed by atoms with Crippen LogP contribution in [0.15, 0.2) is 47.4 Å². The van der Waals surface area contributed by atoms with Gasteiger partial charge in [0, 0.05) is 30.9 Å². The SMILES string of the molecule is CON(C)S(=O)(=O)c1cc(C(=O)Nc2ccccc2CN(C)C2CCCCC2)ccc1Cl. The van der Waals surface area contributed by atoms with Gasteiger partial charge in [0.25, 0.3) is 15.9 Å². The maximum absolute atomic E-state index is 13.0. The number of amides is 1. The molecule has 0 unspecified atom stereocenters. The molecule has 0 saturated heterocycles. The molecule has 32 heavy (non-hydrogen) atoms. The molecule has 0 heterocycles. The molecule has 0 bridgehead atoms. The summed E-state index contributed by atoms with van der Waals surface area (Å²) in [4.78, 5) is 19.9. The van der Waals surface area contributed by atoms with Crippen LogP contribution in [-0.2, 0) is 21.4 Å². The molecule has 1 amide bonds. The van der Waals surface area contributed by atoms with Crippen LogP contribution in [0.5, 0.6) is 0 Å². The van der Waals surface area contributed by atoms with Crippen LogP contribution in [0.25, 0.3) is 0 Å². The molecule has 0 radical (unpaired) electrons. The van der Waals surface area contributed by atoms with E-state index in [2.05, 4.69) is 17.3 Å². The van der Waals surface area contributed by atoms with Crippen LogP contribution in [0.2, 0.25) is 5.02 Å². The van der Waals surface area contributed by atoms with Crippen molar-refractivity contribution in [1.82, 2.24) is 9.37 Å². The molecule has 0 atom stereocenters. The number of para-hydroxylation sites is 1. The van der Waals surface area contributed by atoms with E-state index in [4.69, 9.17) is 16.4 Å². The number of halogens is 1. The van der Waals surface area contributed by atoms with Crippen molar-refractivity contribution >= 4 is 33.2 Å². The molecule has 9 heteroatoms. The van der Waals surface area contributed by atoms with E-state index in [1.165, 1.54) is 64.5 Å². The van der Waals surface area contributed by atoms with Gasteiger partial charge in [0.2, 0.25) is 0 Å². The van der Waals surface area contributed by atoms with Crippen LogP contribution in [0, 0.1) is 0 Å². The summed E-state index contributed by atoms with van der Waals surface area (Å²) in [5.74, 6) is -0.411. The van der Waals surface area contributed by atoms with Crippen molar-refractivity contribution in [2.45, 2.75) is 49.6 Å². The third kappa shape index (κ3) is 5.68. The molecule has 3 rings (SSSR count). The Balaban J connectivity index is 1.80. The fourth-order valence-corrected chi connectivity index (χ4v) is 5.45. The van der Waals surface area contributed by atoms with Gasteiger partial charge in [0.15, 0.2) is 0 Å². The minimum Gasteiger partial charge on any atom is -0.322 e. The van der Waals surface area contributed by atoms with Crippen LogP contribution in [0.4, 0.5) is 5.69 Å². The van der Waals surface area contributed by atoms with Crippen LogP contribution < -0.4 is 5.32 Å². The Morgan fingerprint density at radius 2 is 1.81 bits per heavy atom. The molecule has 1 fully saturated rings. The first kappa shape index (κ1) is 24.7. The van der Waals surface area contributed by atoms with E-state index in [1.807, 2.05) is 24.3 Å². The van der Waals surface area contributed by atoms with Gasteiger partial charge in [-0.1, -0.05) is 53.5 Å². The third-order valence-corrected chi connectivity index (χ3v) is 8.11. The highest BCUT2D eigenvalue weighted by molar-refractivity contribution is 7.89. The second-order valence-electron chi connectivity index (χ2n) is 8.06. The molecule has 2 aromatic rings. The fraction of sp³-hybridized carbons (Fsp3) is 0.435. The van der Waals surface area contributed by atoms with Crippen LogP contribution in [-0.4, -0.2) is 50.9 Å². The molecule has 0 spiro atoms. The van der Waals surface area contributed by atoms with Crippen LogP contribution in [0.3, 0.4) is 0 Å². The van der Waals surface area contributed by atoms with Gasteiger partial charge in [-0.15, -0.1) is 0 Å². The van der Waals surface area contributed by atoms with E-state index >= 15 is 0 Å². The Labute approximate surface area is 195 Å². The summed E-state index contributed by atoms with van der Waals surface area (Å²) < 4.78 is 25.9. The lowest BCUT2D eigenvalue weighted by Crippen LogP contribution is -2.33. The first-order valence-corrected chi connectivity index (χ1v) is 12.5. The van der Waals surface area contributed by atoms with E-state index in [0.29, 0.717) is 16.2 Å². The first-order valence-electron chi connectivity index (χ1n) is 10.7. The Bertz CT molecular complexity index is 1050. The van der Waals surface area contributed by atoms with Crippen LogP contribution >= 0.6 is 11.6 Å². The zero-order chi connectivity index (χ0) is 23.3. The van der Waals surface area contributed by atoms with Gasteiger partial charge in [0.1, 0.15) is 4.90 Å². The topological polar surface area (TPSA) is 78.9 Å². The Morgan fingerprint density at radius 1 is 1.12 bits per heavy atom. The lowest BCUT2D eigenvalue weighted by molar-refractivity contribution is -0.0258. The number of hydrogen-bond acceptors (Lipinski definition) is 5. The van der Waals surface area contributed by atoms with Gasteiger partial charge in [-0.3, -0.25) is 14.5 Å². The summed E-state index contributed by atoms with van der Waals surface area (Å²) in [6.45, 7) is 0.722. The molecule has 0 aromatic heterocycles. The summed E-state index contributed by atoms with van der Waals surface area (Å²) in [7, 11) is 0.630. The van der Waals surface area contributed by atoms with E-state index in [9.17, 15) is 13.2 Å². The number of sulfonamides is 1. The van der Waals surface area contributed by atoms with Crippen molar-refractivity contribution in [3.8, 4) is 0 Å².